The normalized spacial score (nSPS) is 13.4. The highest BCUT2D eigenvalue weighted by Crippen LogP contribution is 2.20. The first-order valence-corrected chi connectivity index (χ1v) is 12.3. The Hall–Kier alpha value is -3.19. The van der Waals surface area contributed by atoms with Gasteiger partial charge in [0.2, 0.25) is 5.91 Å². The molecule has 0 spiro atoms. The Kier molecular flexibility index (Phi) is 10.2. The second-order valence-electron chi connectivity index (χ2n) is 10.9. The Labute approximate surface area is 214 Å². The van der Waals surface area contributed by atoms with Crippen LogP contribution in [0.1, 0.15) is 70.3 Å². The summed E-state index contributed by atoms with van der Waals surface area (Å²) in [6, 6.07) is 15.2. The van der Waals surface area contributed by atoms with Crippen molar-refractivity contribution in [1.29, 1.82) is 0 Å². The molecular weight excluding hydrogens is 458 g/mol. The van der Waals surface area contributed by atoms with Crippen LogP contribution in [0.4, 0.5) is 0 Å². The van der Waals surface area contributed by atoms with E-state index in [1.165, 1.54) is 0 Å². The van der Waals surface area contributed by atoms with Crippen LogP contribution in [-0.2, 0) is 20.7 Å². The molecule has 0 aliphatic carbocycles. The van der Waals surface area contributed by atoms with E-state index in [1.807, 2.05) is 51.1 Å². The van der Waals surface area contributed by atoms with Gasteiger partial charge in [-0.1, -0.05) is 42.5 Å². The molecule has 196 valence electrons. The third-order valence-electron chi connectivity index (χ3n) is 5.20. The predicted octanol–water partition coefficient (Wildman–Crippen LogP) is 4.50. The van der Waals surface area contributed by atoms with Gasteiger partial charge in [0.15, 0.2) is 5.78 Å². The van der Waals surface area contributed by atoms with Crippen LogP contribution in [0, 0.1) is 5.92 Å². The van der Waals surface area contributed by atoms with Crippen LogP contribution in [-0.4, -0.2) is 46.6 Å². The van der Waals surface area contributed by atoms with E-state index in [2.05, 4.69) is 5.32 Å². The van der Waals surface area contributed by atoms with Crippen LogP contribution in [0.15, 0.2) is 54.6 Å². The van der Waals surface area contributed by atoms with Crippen LogP contribution in [0.2, 0.25) is 0 Å². The number of esters is 1. The molecule has 0 bridgehead atoms. The molecule has 0 aliphatic heterocycles. The van der Waals surface area contributed by atoms with Crippen molar-refractivity contribution in [2.45, 2.75) is 78.0 Å². The van der Waals surface area contributed by atoms with Gasteiger partial charge in [0.05, 0.1) is 12.5 Å². The van der Waals surface area contributed by atoms with Gasteiger partial charge >= 0.3 is 5.97 Å². The molecule has 7 nitrogen and oxygen atoms in total. The number of carbonyl (C=O) groups is 3. The van der Waals surface area contributed by atoms with Crippen molar-refractivity contribution in [2.75, 3.05) is 6.61 Å². The molecule has 7 heteroatoms. The third-order valence-corrected chi connectivity index (χ3v) is 5.20. The Morgan fingerprint density at radius 3 is 2.03 bits per heavy atom. The quantitative estimate of drug-likeness (QED) is 0.350. The average Bonchev–Trinajstić information content (AvgIpc) is 2.78. The highest BCUT2D eigenvalue weighted by Gasteiger charge is 2.29. The SMILES string of the molecule is CC(C)(C)OC(=O)[C@H](Cc1ccc(OC(C)(C)C)cc1)NC(=O)[C@H](CO)CCC(=O)c1ccccc1. The monoisotopic (exact) mass is 497 g/mol. The summed E-state index contributed by atoms with van der Waals surface area (Å²) in [6.07, 6.45) is 0.475. The number of ketones is 1. The molecule has 0 aliphatic rings. The molecule has 0 radical (unpaired) electrons. The van der Waals surface area contributed by atoms with Crippen LogP contribution in [0.25, 0.3) is 0 Å². The summed E-state index contributed by atoms with van der Waals surface area (Å²) in [5.41, 5.74) is 0.297. The number of hydrogen-bond acceptors (Lipinski definition) is 6. The molecule has 0 heterocycles. The van der Waals surface area contributed by atoms with E-state index in [4.69, 9.17) is 9.47 Å². The van der Waals surface area contributed by atoms with E-state index in [-0.39, 0.29) is 30.6 Å². The van der Waals surface area contributed by atoms with Crippen LogP contribution < -0.4 is 10.1 Å². The highest BCUT2D eigenvalue weighted by atomic mass is 16.6. The maximum absolute atomic E-state index is 13.0. The number of aliphatic hydroxyl groups is 1. The number of hydrogen-bond donors (Lipinski definition) is 2. The molecule has 36 heavy (non-hydrogen) atoms. The fourth-order valence-electron chi connectivity index (χ4n) is 3.52. The molecule has 0 saturated heterocycles. The average molecular weight is 498 g/mol. The lowest BCUT2D eigenvalue weighted by atomic mass is 9.97. The largest absolute Gasteiger partial charge is 0.488 e. The first-order chi connectivity index (χ1) is 16.8. The Morgan fingerprint density at radius 1 is 0.889 bits per heavy atom. The van der Waals surface area contributed by atoms with Gasteiger partial charge in [-0.05, 0) is 65.7 Å². The Balaban J connectivity index is 2.10. The zero-order chi connectivity index (χ0) is 26.9. The molecule has 2 rings (SSSR count). The lowest BCUT2D eigenvalue weighted by Gasteiger charge is -2.26. The van der Waals surface area contributed by atoms with E-state index in [9.17, 15) is 19.5 Å². The summed E-state index contributed by atoms with van der Waals surface area (Å²) in [6.45, 7) is 10.7. The number of Topliss-reactive ketones (excluding diaryl/α,β-unsaturated/α-hetero) is 1. The van der Waals surface area contributed by atoms with Gasteiger partial charge in [0.1, 0.15) is 23.0 Å². The molecule has 2 aromatic carbocycles. The minimum atomic E-state index is -0.954. The van der Waals surface area contributed by atoms with Gasteiger partial charge in [-0.15, -0.1) is 0 Å². The van der Waals surface area contributed by atoms with Gasteiger partial charge in [-0.3, -0.25) is 9.59 Å². The zero-order valence-corrected chi connectivity index (χ0v) is 22.2. The van der Waals surface area contributed by atoms with Gasteiger partial charge in [-0.2, -0.15) is 0 Å². The molecule has 0 aromatic heterocycles. The van der Waals surface area contributed by atoms with Crippen molar-refractivity contribution in [2.24, 2.45) is 5.92 Å². The fraction of sp³-hybridized carbons (Fsp3) is 0.483. The molecule has 0 saturated carbocycles. The lowest BCUT2D eigenvalue weighted by Crippen LogP contribution is -2.48. The molecule has 0 fully saturated rings. The van der Waals surface area contributed by atoms with Crippen molar-refractivity contribution < 1.29 is 29.0 Å². The number of aliphatic hydroxyl groups excluding tert-OH is 1. The first-order valence-electron chi connectivity index (χ1n) is 12.3. The number of rotatable bonds is 11. The molecule has 2 N–H and O–H groups in total. The van der Waals surface area contributed by atoms with Crippen molar-refractivity contribution in [3.63, 3.8) is 0 Å². The van der Waals surface area contributed by atoms with Crippen molar-refractivity contribution in [1.82, 2.24) is 5.32 Å². The van der Waals surface area contributed by atoms with E-state index < -0.39 is 36.0 Å². The predicted molar refractivity (Wildman–Crippen MR) is 139 cm³/mol. The molecule has 0 unspecified atom stereocenters. The van der Waals surface area contributed by atoms with E-state index in [1.54, 1.807) is 45.0 Å². The second-order valence-corrected chi connectivity index (χ2v) is 10.9. The lowest BCUT2D eigenvalue weighted by molar-refractivity contribution is -0.159. The smallest absolute Gasteiger partial charge is 0.329 e. The number of amides is 1. The standard InChI is InChI=1S/C29H39NO6/c1-28(2,3)35-23-15-12-20(13-16-23)18-24(27(34)36-29(4,5)6)30-26(33)22(19-31)14-17-25(32)21-10-8-7-9-11-21/h7-13,15-16,22,24,31H,14,17-19H2,1-6H3,(H,30,33)/t22-,24-/m0/s1. The summed E-state index contributed by atoms with van der Waals surface area (Å²) >= 11 is 0. The number of carbonyl (C=O) groups excluding carboxylic acids is 3. The van der Waals surface area contributed by atoms with Crippen LogP contribution in [0.3, 0.4) is 0 Å². The van der Waals surface area contributed by atoms with Gasteiger partial charge in [0, 0.05) is 18.4 Å². The van der Waals surface area contributed by atoms with E-state index in [0.29, 0.717) is 11.3 Å². The van der Waals surface area contributed by atoms with E-state index in [0.717, 1.165) is 5.56 Å². The van der Waals surface area contributed by atoms with Crippen molar-refractivity contribution >= 4 is 17.7 Å². The Morgan fingerprint density at radius 2 is 1.50 bits per heavy atom. The minimum Gasteiger partial charge on any atom is -0.488 e. The zero-order valence-electron chi connectivity index (χ0n) is 22.2. The summed E-state index contributed by atoms with van der Waals surface area (Å²) in [4.78, 5) is 38.4. The maximum atomic E-state index is 13.0. The summed E-state index contributed by atoms with van der Waals surface area (Å²) in [5.74, 6) is -1.30. The number of benzene rings is 2. The van der Waals surface area contributed by atoms with Gasteiger partial charge in [-0.25, -0.2) is 4.79 Å². The van der Waals surface area contributed by atoms with E-state index >= 15 is 0 Å². The minimum absolute atomic E-state index is 0.106. The molecular formula is C29H39NO6. The molecule has 2 aromatic rings. The topological polar surface area (TPSA) is 102 Å². The van der Waals surface area contributed by atoms with Gasteiger partial charge < -0.3 is 19.9 Å². The maximum Gasteiger partial charge on any atom is 0.329 e. The Bertz CT molecular complexity index is 1000. The van der Waals surface area contributed by atoms with Gasteiger partial charge in [0.25, 0.3) is 0 Å². The number of nitrogens with one attached hydrogen (secondary N) is 1. The van der Waals surface area contributed by atoms with Crippen molar-refractivity contribution in [3.8, 4) is 5.75 Å². The summed E-state index contributed by atoms with van der Waals surface area (Å²) in [7, 11) is 0. The van der Waals surface area contributed by atoms with Crippen LogP contribution >= 0.6 is 0 Å². The molecule has 1 amide bonds. The summed E-state index contributed by atoms with van der Waals surface area (Å²) < 4.78 is 11.4. The third kappa shape index (κ3) is 10.2. The second kappa shape index (κ2) is 12.7. The highest BCUT2D eigenvalue weighted by molar-refractivity contribution is 5.96. The summed E-state index contributed by atoms with van der Waals surface area (Å²) in [5, 5.41) is 12.6. The number of ether oxygens (including phenoxy) is 2. The fourth-order valence-corrected chi connectivity index (χ4v) is 3.52. The molecule has 2 atom stereocenters. The van der Waals surface area contributed by atoms with Crippen LogP contribution in [0.5, 0.6) is 5.75 Å². The first kappa shape index (κ1) is 29.0. The van der Waals surface area contributed by atoms with Crippen molar-refractivity contribution in [3.05, 3.63) is 65.7 Å².